The van der Waals surface area contributed by atoms with Crippen molar-refractivity contribution >= 4 is 16.1 Å². The summed E-state index contributed by atoms with van der Waals surface area (Å²) < 4.78 is 93.0. The maximum Gasteiger partial charge on any atom is 0.396 e. The van der Waals surface area contributed by atoms with Gasteiger partial charge in [-0.15, -0.1) is 0 Å². The predicted octanol–water partition coefficient (Wildman–Crippen LogP) is 2.99. The van der Waals surface area contributed by atoms with Gasteiger partial charge in [0.15, 0.2) is 10.1 Å². The molecule has 1 aliphatic rings. The molecule has 1 aliphatic carbocycles. The van der Waals surface area contributed by atoms with E-state index in [-0.39, 0.29) is 5.57 Å². The molecule has 26 heavy (non-hydrogen) atoms. The van der Waals surface area contributed by atoms with Gasteiger partial charge in [0.1, 0.15) is 5.60 Å². The normalized spacial score (nSPS) is 18.4. The van der Waals surface area contributed by atoms with Gasteiger partial charge < -0.3 is 14.0 Å². The second-order valence-corrected chi connectivity index (χ2v) is 7.90. The first-order valence-electron chi connectivity index (χ1n) is 7.92. The highest BCUT2D eigenvalue weighted by molar-refractivity contribution is 7.86. The monoisotopic (exact) mass is 405 g/mol. The fourth-order valence-corrected chi connectivity index (χ4v) is 2.95. The summed E-state index contributed by atoms with van der Waals surface area (Å²) in [6.07, 6.45) is 2.48. The van der Waals surface area contributed by atoms with Crippen LogP contribution in [0.25, 0.3) is 0 Å². The van der Waals surface area contributed by atoms with Crippen LogP contribution in [-0.2, 0) is 24.4 Å². The second kappa shape index (κ2) is 8.22. The third-order valence-electron chi connectivity index (χ3n) is 4.12. The quantitative estimate of drug-likeness (QED) is 0.193. The molecule has 1 fully saturated rings. The van der Waals surface area contributed by atoms with Gasteiger partial charge in [0.2, 0.25) is 0 Å². The lowest BCUT2D eigenvalue weighted by atomic mass is 9.86. The van der Waals surface area contributed by atoms with Crippen molar-refractivity contribution in [3.8, 4) is 0 Å². The first kappa shape index (κ1) is 22.8. The number of esters is 1. The molecule has 1 rings (SSSR count). The largest absolute Gasteiger partial charge is 0.743 e. The van der Waals surface area contributed by atoms with Crippen LogP contribution < -0.4 is 0 Å². The SMILES string of the molecule is C=C(COCCC(F)(F)C(F)(F)S(=O)(=O)[O-])C(=O)OC1(C)CCCCC1. The Bertz CT molecular complexity index is 626. The lowest BCUT2D eigenvalue weighted by Crippen LogP contribution is -2.47. The van der Waals surface area contributed by atoms with Crippen molar-refractivity contribution in [3.05, 3.63) is 12.2 Å². The minimum absolute atomic E-state index is 0.191. The molecule has 0 bridgehead atoms. The number of alkyl halides is 4. The zero-order valence-electron chi connectivity index (χ0n) is 14.2. The Balaban J connectivity index is 2.45. The molecular weight excluding hydrogens is 384 g/mol. The van der Waals surface area contributed by atoms with Gasteiger partial charge in [-0.25, -0.2) is 13.2 Å². The fraction of sp³-hybridized carbons (Fsp3) is 0.800. The average Bonchev–Trinajstić information content (AvgIpc) is 2.50. The molecule has 0 aromatic heterocycles. The Kier molecular flexibility index (Phi) is 7.22. The fourth-order valence-electron chi connectivity index (χ4n) is 2.48. The molecule has 152 valence electrons. The van der Waals surface area contributed by atoms with E-state index in [0.717, 1.165) is 19.3 Å². The van der Waals surface area contributed by atoms with E-state index in [1.54, 1.807) is 6.92 Å². The molecule has 0 atom stereocenters. The maximum absolute atomic E-state index is 13.2. The van der Waals surface area contributed by atoms with E-state index < -0.39 is 52.5 Å². The Morgan fingerprint density at radius 3 is 2.23 bits per heavy atom. The summed E-state index contributed by atoms with van der Waals surface area (Å²) in [4.78, 5) is 11.9. The Morgan fingerprint density at radius 1 is 1.19 bits per heavy atom. The molecule has 0 saturated heterocycles. The van der Waals surface area contributed by atoms with Crippen molar-refractivity contribution in [2.45, 2.75) is 62.2 Å². The van der Waals surface area contributed by atoms with Gasteiger partial charge in [-0.2, -0.15) is 17.6 Å². The van der Waals surface area contributed by atoms with Crippen molar-refractivity contribution < 1.29 is 44.8 Å². The summed E-state index contributed by atoms with van der Waals surface area (Å²) in [7, 11) is -6.53. The number of ether oxygens (including phenoxy) is 2. The van der Waals surface area contributed by atoms with Crippen LogP contribution >= 0.6 is 0 Å². The Hall–Kier alpha value is -1.20. The van der Waals surface area contributed by atoms with Gasteiger partial charge in [-0.1, -0.05) is 13.0 Å². The minimum atomic E-state index is -6.53. The molecule has 1 saturated carbocycles. The molecule has 0 N–H and O–H groups in total. The number of halogens is 4. The van der Waals surface area contributed by atoms with Crippen LogP contribution in [0, 0.1) is 0 Å². The molecule has 0 aliphatic heterocycles. The summed E-state index contributed by atoms with van der Waals surface area (Å²) in [6, 6.07) is 0. The summed E-state index contributed by atoms with van der Waals surface area (Å²) in [5, 5.41) is -5.76. The number of hydrogen-bond acceptors (Lipinski definition) is 6. The van der Waals surface area contributed by atoms with E-state index in [1.165, 1.54) is 0 Å². The molecule has 0 aromatic carbocycles. The van der Waals surface area contributed by atoms with Gasteiger partial charge in [0.05, 0.1) is 18.8 Å². The Morgan fingerprint density at radius 2 is 1.73 bits per heavy atom. The highest BCUT2D eigenvalue weighted by Crippen LogP contribution is 2.40. The number of carbonyl (C=O) groups is 1. The summed E-state index contributed by atoms with van der Waals surface area (Å²) in [5.74, 6) is -5.89. The van der Waals surface area contributed by atoms with Crippen LogP contribution in [0.15, 0.2) is 12.2 Å². The molecule has 11 heteroatoms. The van der Waals surface area contributed by atoms with Crippen molar-refractivity contribution in [2.24, 2.45) is 0 Å². The van der Waals surface area contributed by atoms with E-state index in [4.69, 9.17) is 4.74 Å². The maximum atomic E-state index is 13.2. The van der Waals surface area contributed by atoms with Crippen molar-refractivity contribution in [1.82, 2.24) is 0 Å². The van der Waals surface area contributed by atoms with Gasteiger partial charge in [0.25, 0.3) is 0 Å². The van der Waals surface area contributed by atoms with Crippen LogP contribution in [0.4, 0.5) is 17.6 Å². The smallest absolute Gasteiger partial charge is 0.396 e. The lowest BCUT2D eigenvalue weighted by Gasteiger charge is -2.33. The summed E-state index contributed by atoms with van der Waals surface area (Å²) in [6.45, 7) is 3.59. The predicted molar refractivity (Wildman–Crippen MR) is 81.7 cm³/mol. The molecule has 0 amide bonds. The van der Waals surface area contributed by atoms with Gasteiger partial charge in [-0.3, -0.25) is 0 Å². The van der Waals surface area contributed by atoms with E-state index >= 15 is 0 Å². The van der Waals surface area contributed by atoms with E-state index in [1.807, 2.05) is 0 Å². The van der Waals surface area contributed by atoms with E-state index in [0.29, 0.717) is 12.8 Å². The van der Waals surface area contributed by atoms with Crippen LogP contribution in [0.2, 0.25) is 0 Å². The van der Waals surface area contributed by atoms with Crippen LogP contribution in [0.3, 0.4) is 0 Å². The third kappa shape index (κ3) is 5.65. The van der Waals surface area contributed by atoms with Crippen molar-refractivity contribution in [2.75, 3.05) is 13.2 Å². The molecular formula is C15H21F4O6S-. The second-order valence-electron chi connectivity index (χ2n) is 6.48. The first-order chi connectivity index (χ1) is 11.7. The van der Waals surface area contributed by atoms with Crippen LogP contribution in [-0.4, -0.2) is 48.9 Å². The number of carbonyl (C=O) groups excluding carboxylic acids is 1. The van der Waals surface area contributed by atoms with E-state index in [2.05, 4.69) is 11.3 Å². The third-order valence-corrected chi connectivity index (χ3v) is 5.04. The van der Waals surface area contributed by atoms with Crippen molar-refractivity contribution in [3.63, 3.8) is 0 Å². The van der Waals surface area contributed by atoms with Crippen molar-refractivity contribution in [1.29, 1.82) is 0 Å². The first-order valence-corrected chi connectivity index (χ1v) is 9.33. The standard InChI is InChI=1S/C15H22F4O6S/c1-11(12(20)25-13(2)6-4-3-5-7-13)10-24-9-8-14(16,17)15(18,19)26(21,22)23/h1,3-10H2,2H3,(H,21,22,23)/p-1. The average molecular weight is 405 g/mol. The zero-order valence-corrected chi connectivity index (χ0v) is 15.1. The molecule has 6 nitrogen and oxygen atoms in total. The number of hydrogen-bond donors (Lipinski definition) is 0. The summed E-state index contributed by atoms with van der Waals surface area (Å²) >= 11 is 0. The highest BCUT2D eigenvalue weighted by Gasteiger charge is 2.61. The van der Waals surface area contributed by atoms with Gasteiger partial charge >= 0.3 is 17.1 Å². The molecule has 0 spiro atoms. The molecule has 0 radical (unpaired) electrons. The topological polar surface area (TPSA) is 92.7 Å². The molecule has 0 aromatic rings. The van der Waals surface area contributed by atoms with Crippen LogP contribution in [0.5, 0.6) is 0 Å². The molecule has 0 heterocycles. The van der Waals surface area contributed by atoms with E-state index in [9.17, 15) is 35.3 Å². The lowest BCUT2D eigenvalue weighted by molar-refractivity contribution is -0.171. The van der Waals surface area contributed by atoms with Crippen LogP contribution in [0.1, 0.15) is 45.4 Å². The summed E-state index contributed by atoms with van der Waals surface area (Å²) in [5.41, 5.74) is -0.834. The number of rotatable bonds is 9. The highest BCUT2D eigenvalue weighted by atomic mass is 32.2. The minimum Gasteiger partial charge on any atom is -0.743 e. The van der Waals surface area contributed by atoms with Gasteiger partial charge in [0, 0.05) is 6.42 Å². The Labute approximate surface area is 149 Å². The van der Waals surface area contributed by atoms with Gasteiger partial charge in [-0.05, 0) is 32.6 Å². The molecule has 0 unspecified atom stereocenters. The zero-order chi connectivity index (χ0) is 20.2.